The number of carbonyl (C=O) groups is 1. The van der Waals surface area contributed by atoms with Crippen molar-refractivity contribution in [1.29, 1.82) is 0 Å². The minimum Gasteiger partial charge on any atom is -0.464 e. The smallest absolute Gasteiger partial charge is 0.239 e. The topological polar surface area (TPSA) is 71.5 Å². The average Bonchev–Trinajstić information content (AvgIpc) is 3.42. The molecule has 2 saturated carbocycles. The van der Waals surface area contributed by atoms with Crippen LogP contribution in [0.25, 0.3) is 0 Å². The predicted molar refractivity (Wildman–Crippen MR) is 88.5 cm³/mol. The van der Waals surface area contributed by atoms with E-state index in [-0.39, 0.29) is 5.91 Å². The van der Waals surface area contributed by atoms with Crippen molar-refractivity contribution in [2.75, 3.05) is 11.9 Å². The summed E-state index contributed by atoms with van der Waals surface area (Å²) in [6.45, 7) is 5.07. The first-order valence-corrected chi connectivity index (χ1v) is 8.64. The Bertz CT molecular complexity index is 731. The highest BCUT2D eigenvalue weighted by Crippen LogP contribution is 2.47. The molecule has 4 rings (SSSR count). The standard InChI is InChI=1S/C18H23N3O3/c1-11-7-15(11)16-6-5-14(23-16)9-21(13-3-4-13)10-18(22)19-17-8-12(2)24-20-17/h5-6,8,11,13,15H,3-4,7,9-10H2,1-2H3,(H,19,20,22)/t11-,15-/m0/s1. The Balaban J connectivity index is 1.35. The molecule has 2 aliphatic carbocycles. The molecule has 0 unspecified atom stereocenters. The molecule has 0 radical (unpaired) electrons. The highest BCUT2D eigenvalue weighted by Gasteiger charge is 2.37. The van der Waals surface area contributed by atoms with Crippen molar-refractivity contribution in [3.05, 3.63) is 35.5 Å². The van der Waals surface area contributed by atoms with Gasteiger partial charge < -0.3 is 14.3 Å². The van der Waals surface area contributed by atoms with Gasteiger partial charge in [-0.2, -0.15) is 0 Å². The van der Waals surface area contributed by atoms with Crippen LogP contribution < -0.4 is 5.32 Å². The minimum atomic E-state index is -0.0715. The zero-order valence-electron chi connectivity index (χ0n) is 14.1. The van der Waals surface area contributed by atoms with E-state index in [1.807, 2.05) is 0 Å². The molecule has 2 aromatic heterocycles. The van der Waals surface area contributed by atoms with Gasteiger partial charge in [0.1, 0.15) is 17.3 Å². The number of aryl methyl sites for hydroxylation is 1. The number of carbonyl (C=O) groups excluding carboxylic acids is 1. The summed E-state index contributed by atoms with van der Waals surface area (Å²) in [6.07, 6.45) is 3.51. The van der Waals surface area contributed by atoms with Crippen molar-refractivity contribution >= 4 is 11.7 Å². The number of nitrogens with zero attached hydrogens (tertiary/aromatic N) is 2. The number of nitrogens with one attached hydrogen (secondary N) is 1. The molecule has 2 fully saturated rings. The van der Waals surface area contributed by atoms with E-state index in [2.05, 4.69) is 34.4 Å². The molecule has 2 aliphatic rings. The minimum absolute atomic E-state index is 0.0715. The molecule has 0 aliphatic heterocycles. The number of anilines is 1. The molecule has 6 heteroatoms. The van der Waals surface area contributed by atoms with E-state index < -0.39 is 0 Å². The molecule has 6 nitrogen and oxygen atoms in total. The van der Waals surface area contributed by atoms with Crippen LogP contribution in [0.4, 0.5) is 5.82 Å². The lowest BCUT2D eigenvalue weighted by Gasteiger charge is -2.19. The van der Waals surface area contributed by atoms with Crippen molar-refractivity contribution < 1.29 is 13.7 Å². The van der Waals surface area contributed by atoms with Gasteiger partial charge in [0.05, 0.1) is 13.1 Å². The molecule has 2 aromatic rings. The molecule has 24 heavy (non-hydrogen) atoms. The van der Waals surface area contributed by atoms with Crippen LogP contribution in [0, 0.1) is 12.8 Å². The number of furan rings is 1. The van der Waals surface area contributed by atoms with Crippen LogP contribution in [0.15, 0.2) is 27.1 Å². The second kappa shape index (κ2) is 6.09. The number of rotatable bonds is 7. The lowest BCUT2D eigenvalue weighted by atomic mass is 10.3. The van der Waals surface area contributed by atoms with Gasteiger partial charge in [-0.25, -0.2) is 0 Å². The molecule has 1 N–H and O–H groups in total. The maximum atomic E-state index is 12.3. The highest BCUT2D eigenvalue weighted by atomic mass is 16.5. The van der Waals surface area contributed by atoms with E-state index >= 15 is 0 Å². The summed E-state index contributed by atoms with van der Waals surface area (Å²) >= 11 is 0. The van der Waals surface area contributed by atoms with Crippen LogP contribution in [0.2, 0.25) is 0 Å². The van der Waals surface area contributed by atoms with Crippen molar-refractivity contribution in [1.82, 2.24) is 10.1 Å². The fourth-order valence-electron chi connectivity index (χ4n) is 3.14. The molecule has 0 bridgehead atoms. The second-order valence-corrected chi connectivity index (χ2v) is 7.13. The third kappa shape index (κ3) is 3.53. The van der Waals surface area contributed by atoms with Crippen molar-refractivity contribution in [2.45, 2.75) is 51.6 Å². The van der Waals surface area contributed by atoms with Gasteiger partial charge in [-0.05, 0) is 44.2 Å². The van der Waals surface area contributed by atoms with Crippen LogP contribution in [0.5, 0.6) is 0 Å². The number of aromatic nitrogens is 1. The van der Waals surface area contributed by atoms with E-state index in [0.717, 1.165) is 30.3 Å². The monoisotopic (exact) mass is 329 g/mol. The lowest BCUT2D eigenvalue weighted by Crippen LogP contribution is -2.34. The van der Waals surface area contributed by atoms with Gasteiger partial charge in [0.25, 0.3) is 0 Å². The summed E-state index contributed by atoms with van der Waals surface area (Å²) in [4.78, 5) is 14.4. The van der Waals surface area contributed by atoms with Gasteiger partial charge in [0, 0.05) is 18.0 Å². The van der Waals surface area contributed by atoms with Gasteiger partial charge >= 0.3 is 0 Å². The van der Waals surface area contributed by atoms with Crippen molar-refractivity contribution in [3.63, 3.8) is 0 Å². The van der Waals surface area contributed by atoms with Gasteiger partial charge in [0.2, 0.25) is 5.91 Å². The lowest BCUT2D eigenvalue weighted by molar-refractivity contribution is -0.117. The van der Waals surface area contributed by atoms with Crippen LogP contribution in [-0.4, -0.2) is 28.6 Å². The van der Waals surface area contributed by atoms with Crippen LogP contribution in [0.1, 0.15) is 49.4 Å². The molecular formula is C18H23N3O3. The molecule has 0 aromatic carbocycles. The normalized spacial score (nSPS) is 22.8. The Labute approximate surface area is 141 Å². The van der Waals surface area contributed by atoms with Crippen LogP contribution in [0.3, 0.4) is 0 Å². The highest BCUT2D eigenvalue weighted by molar-refractivity contribution is 5.91. The third-order valence-corrected chi connectivity index (χ3v) is 4.82. The summed E-state index contributed by atoms with van der Waals surface area (Å²) in [7, 11) is 0. The molecule has 2 heterocycles. The summed E-state index contributed by atoms with van der Waals surface area (Å²) in [5.74, 6) is 4.44. The first kappa shape index (κ1) is 15.4. The molecule has 2 atom stereocenters. The summed E-state index contributed by atoms with van der Waals surface area (Å²) in [5.41, 5.74) is 0. The zero-order chi connectivity index (χ0) is 16.7. The molecule has 0 saturated heterocycles. The quantitative estimate of drug-likeness (QED) is 0.844. The maximum Gasteiger partial charge on any atom is 0.239 e. The Morgan fingerprint density at radius 2 is 2.21 bits per heavy atom. The summed E-state index contributed by atoms with van der Waals surface area (Å²) in [5, 5.41) is 6.59. The Morgan fingerprint density at radius 1 is 1.42 bits per heavy atom. The van der Waals surface area contributed by atoms with E-state index in [1.54, 1.807) is 13.0 Å². The van der Waals surface area contributed by atoms with E-state index in [0.29, 0.717) is 36.6 Å². The third-order valence-electron chi connectivity index (χ3n) is 4.82. The second-order valence-electron chi connectivity index (χ2n) is 7.13. The molecular weight excluding hydrogens is 306 g/mol. The number of hydrogen-bond donors (Lipinski definition) is 1. The van der Waals surface area contributed by atoms with E-state index in [9.17, 15) is 4.79 Å². The van der Waals surface area contributed by atoms with E-state index in [1.165, 1.54) is 6.42 Å². The SMILES string of the molecule is Cc1cc(NC(=O)CN(Cc2ccc([C@H]3C[C@@H]3C)o2)C2CC2)no1. The van der Waals surface area contributed by atoms with E-state index in [4.69, 9.17) is 8.94 Å². The zero-order valence-corrected chi connectivity index (χ0v) is 14.1. The maximum absolute atomic E-state index is 12.3. The van der Waals surface area contributed by atoms with Gasteiger partial charge in [0.15, 0.2) is 5.82 Å². The van der Waals surface area contributed by atoms with Crippen LogP contribution in [-0.2, 0) is 11.3 Å². The Kier molecular flexibility index (Phi) is 3.92. The fourth-order valence-corrected chi connectivity index (χ4v) is 3.14. The van der Waals surface area contributed by atoms with Gasteiger partial charge in [-0.3, -0.25) is 9.69 Å². The summed E-state index contributed by atoms with van der Waals surface area (Å²) in [6, 6.07) is 6.33. The van der Waals surface area contributed by atoms with Crippen molar-refractivity contribution in [2.24, 2.45) is 5.92 Å². The molecule has 1 amide bonds. The van der Waals surface area contributed by atoms with Gasteiger partial charge in [-0.15, -0.1) is 0 Å². The first-order chi connectivity index (χ1) is 11.6. The first-order valence-electron chi connectivity index (χ1n) is 8.64. The average molecular weight is 329 g/mol. The Morgan fingerprint density at radius 3 is 2.83 bits per heavy atom. The largest absolute Gasteiger partial charge is 0.464 e. The summed E-state index contributed by atoms with van der Waals surface area (Å²) < 4.78 is 11.0. The van der Waals surface area contributed by atoms with Gasteiger partial charge in [-0.1, -0.05) is 12.1 Å². The Hall–Kier alpha value is -2.08. The van der Waals surface area contributed by atoms with Crippen LogP contribution >= 0.6 is 0 Å². The molecule has 128 valence electrons. The van der Waals surface area contributed by atoms with Crippen molar-refractivity contribution in [3.8, 4) is 0 Å². The molecule has 0 spiro atoms. The number of hydrogen-bond acceptors (Lipinski definition) is 5. The predicted octanol–water partition coefficient (Wildman–Crippen LogP) is 3.30. The number of amides is 1. The fraction of sp³-hybridized carbons (Fsp3) is 0.556.